The minimum absolute atomic E-state index is 0.0389. The summed E-state index contributed by atoms with van der Waals surface area (Å²) in [4.78, 5) is 16.8. The standard InChI is InChI=1S/C24H24N2O2/c27-24(14-12-22-11-13-23(28-22)21-9-5-2-6-10-21)26-17-15-25(16-18-26)19-20-7-3-1-4-8-20/h1-14H,15-19H2/b14-12+. The molecule has 1 aliphatic heterocycles. The second-order valence-corrected chi connectivity index (χ2v) is 6.99. The van der Waals surface area contributed by atoms with Gasteiger partial charge in [-0.15, -0.1) is 0 Å². The fourth-order valence-corrected chi connectivity index (χ4v) is 3.43. The first kappa shape index (κ1) is 18.3. The van der Waals surface area contributed by atoms with Gasteiger partial charge in [0.1, 0.15) is 11.5 Å². The lowest BCUT2D eigenvalue weighted by molar-refractivity contribution is -0.127. The molecule has 2 heterocycles. The van der Waals surface area contributed by atoms with Crippen molar-refractivity contribution in [1.29, 1.82) is 0 Å². The van der Waals surface area contributed by atoms with E-state index in [1.165, 1.54) is 5.56 Å². The van der Waals surface area contributed by atoms with Crippen LogP contribution in [0.2, 0.25) is 0 Å². The van der Waals surface area contributed by atoms with E-state index in [4.69, 9.17) is 4.42 Å². The molecule has 4 rings (SSSR count). The third kappa shape index (κ3) is 4.59. The van der Waals surface area contributed by atoms with E-state index in [-0.39, 0.29) is 5.91 Å². The Morgan fingerprint density at radius 1 is 0.857 bits per heavy atom. The number of furan rings is 1. The molecule has 0 saturated carbocycles. The van der Waals surface area contributed by atoms with Gasteiger partial charge in [-0.3, -0.25) is 9.69 Å². The van der Waals surface area contributed by atoms with Crippen LogP contribution in [0.25, 0.3) is 17.4 Å². The molecule has 1 aliphatic rings. The highest BCUT2D eigenvalue weighted by molar-refractivity contribution is 5.91. The molecule has 0 aliphatic carbocycles. The van der Waals surface area contributed by atoms with E-state index in [1.807, 2.05) is 53.4 Å². The molecule has 0 bridgehead atoms. The molecule has 3 aromatic rings. The molecule has 2 aromatic carbocycles. The normalized spacial score (nSPS) is 15.2. The number of rotatable bonds is 5. The van der Waals surface area contributed by atoms with E-state index >= 15 is 0 Å². The lowest BCUT2D eigenvalue weighted by Gasteiger charge is -2.34. The molecule has 0 atom stereocenters. The number of carbonyl (C=O) groups is 1. The monoisotopic (exact) mass is 372 g/mol. The summed E-state index contributed by atoms with van der Waals surface area (Å²) in [5, 5.41) is 0. The van der Waals surface area contributed by atoms with Crippen LogP contribution in [0, 0.1) is 0 Å². The van der Waals surface area contributed by atoms with Gasteiger partial charge in [-0.2, -0.15) is 0 Å². The Morgan fingerprint density at radius 2 is 1.54 bits per heavy atom. The zero-order chi connectivity index (χ0) is 19.2. The highest BCUT2D eigenvalue weighted by Crippen LogP contribution is 2.22. The number of hydrogen-bond donors (Lipinski definition) is 0. The molecular formula is C24H24N2O2. The number of hydrogen-bond acceptors (Lipinski definition) is 3. The Balaban J connectivity index is 1.29. The molecule has 0 unspecified atom stereocenters. The van der Waals surface area contributed by atoms with E-state index in [1.54, 1.807) is 12.2 Å². The summed E-state index contributed by atoms with van der Waals surface area (Å²) in [7, 11) is 0. The average molecular weight is 372 g/mol. The molecule has 0 spiro atoms. The van der Waals surface area contributed by atoms with Gasteiger partial charge in [0.15, 0.2) is 0 Å². The maximum absolute atomic E-state index is 12.5. The predicted molar refractivity (Wildman–Crippen MR) is 111 cm³/mol. The van der Waals surface area contributed by atoms with Crippen molar-refractivity contribution in [1.82, 2.24) is 9.80 Å². The zero-order valence-electron chi connectivity index (χ0n) is 15.8. The van der Waals surface area contributed by atoms with Crippen LogP contribution in [-0.2, 0) is 11.3 Å². The lowest BCUT2D eigenvalue weighted by Crippen LogP contribution is -2.47. The first-order chi connectivity index (χ1) is 13.8. The van der Waals surface area contributed by atoms with Crippen LogP contribution < -0.4 is 0 Å². The van der Waals surface area contributed by atoms with Crippen LogP contribution in [0.4, 0.5) is 0 Å². The highest BCUT2D eigenvalue weighted by atomic mass is 16.3. The average Bonchev–Trinajstić information content (AvgIpc) is 3.23. The Hall–Kier alpha value is -3.11. The van der Waals surface area contributed by atoms with Crippen molar-refractivity contribution in [2.45, 2.75) is 6.54 Å². The highest BCUT2D eigenvalue weighted by Gasteiger charge is 2.19. The topological polar surface area (TPSA) is 36.7 Å². The van der Waals surface area contributed by atoms with Gasteiger partial charge in [0.05, 0.1) is 0 Å². The summed E-state index contributed by atoms with van der Waals surface area (Å²) < 4.78 is 5.83. The van der Waals surface area contributed by atoms with Crippen molar-refractivity contribution in [3.8, 4) is 11.3 Å². The predicted octanol–water partition coefficient (Wildman–Crippen LogP) is 4.30. The summed E-state index contributed by atoms with van der Waals surface area (Å²) in [5.41, 5.74) is 2.34. The molecular weight excluding hydrogens is 348 g/mol. The van der Waals surface area contributed by atoms with Gasteiger partial charge in [-0.05, 0) is 23.8 Å². The first-order valence-electron chi connectivity index (χ1n) is 9.66. The fraction of sp³-hybridized carbons (Fsp3) is 0.208. The Morgan fingerprint density at radius 3 is 2.25 bits per heavy atom. The summed E-state index contributed by atoms with van der Waals surface area (Å²) in [6.45, 7) is 4.24. The molecule has 1 amide bonds. The number of carbonyl (C=O) groups excluding carboxylic acids is 1. The number of benzene rings is 2. The Labute approximate surface area is 165 Å². The Bertz CT molecular complexity index is 924. The van der Waals surface area contributed by atoms with Crippen LogP contribution in [0.3, 0.4) is 0 Å². The molecule has 0 radical (unpaired) electrons. The number of amides is 1. The molecule has 1 saturated heterocycles. The van der Waals surface area contributed by atoms with E-state index < -0.39 is 0 Å². The van der Waals surface area contributed by atoms with Crippen molar-refractivity contribution >= 4 is 12.0 Å². The molecule has 28 heavy (non-hydrogen) atoms. The summed E-state index contributed by atoms with van der Waals surface area (Å²) in [6, 6.07) is 24.2. The van der Waals surface area contributed by atoms with Crippen LogP contribution in [-0.4, -0.2) is 41.9 Å². The van der Waals surface area contributed by atoms with E-state index in [2.05, 4.69) is 29.2 Å². The van der Waals surface area contributed by atoms with Crippen LogP contribution in [0.15, 0.2) is 83.3 Å². The van der Waals surface area contributed by atoms with Crippen molar-refractivity contribution in [2.75, 3.05) is 26.2 Å². The third-order valence-electron chi connectivity index (χ3n) is 5.01. The van der Waals surface area contributed by atoms with E-state index in [0.717, 1.165) is 44.0 Å². The molecule has 4 nitrogen and oxygen atoms in total. The SMILES string of the molecule is O=C(/C=C/c1ccc(-c2ccccc2)o1)N1CCN(Cc2ccccc2)CC1. The number of piperazine rings is 1. The maximum atomic E-state index is 12.5. The smallest absolute Gasteiger partial charge is 0.246 e. The minimum atomic E-state index is 0.0389. The zero-order valence-corrected chi connectivity index (χ0v) is 15.8. The van der Waals surface area contributed by atoms with Gasteiger partial charge in [0.25, 0.3) is 0 Å². The van der Waals surface area contributed by atoms with Gasteiger partial charge in [0.2, 0.25) is 5.91 Å². The Kier molecular flexibility index (Phi) is 5.69. The van der Waals surface area contributed by atoms with Crippen molar-refractivity contribution in [3.05, 3.63) is 90.2 Å². The third-order valence-corrected chi connectivity index (χ3v) is 5.01. The van der Waals surface area contributed by atoms with Gasteiger partial charge < -0.3 is 9.32 Å². The number of nitrogens with zero attached hydrogens (tertiary/aromatic N) is 2. The largest absolute Gasteiger partial charge is 0.457 e. The van der Waals surface area contributed by atoms with Gasteiger partial charge in [0, 0.05) is 44.4 Å². The first-order valence-corrected chi connectivity index (χ1v) is 9.66. The molecule has 142 valence electrons. The molecule has 4 heteroatoms. The van der Waals surface area contributed by atoms with Gasteiger partial charge >= 0.3 is 0 Å². The van der Waals surface area contributed by atoms with Crippen molar-refractivity contribution < 1.29 is 9.21 Å². The van der Waals surface area contributed by atoms with Crippen molar-refractivity contribution in [3.63, 3.8) is 0 Å². The van der Waals surface area contributed by atoms with Crippen LogP contribution >= 0.6 is 0 Å². The molecule has 1 aromatic heterocycles. The van der Waals surface area contributed by atoms with Crippen molar-refractivity contribution in [2.24, 2.45) is 0 Å². The molecule has 1 fully saturated rings. The second-order valence-electron chi connectivity index (χ2n) is 6.99. The molecule has 0 N–H and O–H groups in total. The maximum Gasteiger partial charge on any atom is 0.246 e. The van der Waals surface area contributed by atoms with Gasteiger partial charge in [-0.25, -0.2) is 0 Å². The minimum Gasteiger partial charge on any atom is -0.457 e. The van der Waals surface area contributed by atoms with Crippen LogP contribution in [0.5, 0.6) is 0 Å². The second kappa shape index (κ2) is 8.72. The lowest BCUT2D eigenvalue weighted by atomic mass is 10.2. The fourth-order valence-electron chi connectivity index (χ4n) is 3.43. The summed E-state index contributed by atoms with van der Waals surface area (Å²) in [5.74, 6) is 1.54. The quantitative estimate of drug-likeness (QED) is 0.627. The van der Waals surface area contributed by atoms with Gasteiger partial charge in [-0.1, -0.05) is 60.7 Å². The van der Waals surface area contributed by atoms with E-state index in [0.29, 0.717) is 5.76 Å². The van der Waals surface area contributed by atoms with Crippen LogP contribution in [0.1, 0.15) is 11.3 Å². The summed E-state index contributed by atoms with van der Waals surface area (Å²) >= 11 is 0. The van der Waals surface area contributed by atoms with E-state index in [9.17, 15) is 4.79 Å². The summed E-state index contributed by atoms with van der Waals surface area (Å²) in [6.07, 6.45) is 3.37.